The fourth-order valence-electron chi connectivity index (χ4n) is 1.95. The van der Waals surface area contributed by atoms with E-state index in [0.717, 1.165) is 17.2 Å². The minimum absolute atomic E-state index is 0.753. The summed E-state index contributed by atoms with van der Waals surface area (Å²) in [7, 11) is 0. The van der Waals surface area contributed by atoms with E-state index in [1.54, 1.807) is 0 Å². The summed E-state index contributed by atoms with van der Waals surface area (Å²) in [5.41, 5.74) is 0. The maximum absolute atomic E-state index is 5.26. The van der Waals surface area contributed by atoms with Crippen molar-refractivity contribution in [1.29, 1.82) is 0 Å². The van der Waals surface area contributed by atoms with Gasteiger partial charge in [0.1, 0.15) is 0 Å². The van der Waals surface area contributed by atoms with E-state index in [4.69, 9.17) is 6.42 Å². The van der Waals surface area contributed by atoms with E-state index < -0.39 is 0 Å². The molecule has 1 aliphatic carbocycles. The maximum atomic E-state index is 5.26. The molecule has 0 aromatic carbocycles. The summed E-state index contributed by atoms with van der Waals surface area (Å²) < 4.78 is 0. The van der Waals surface area contributed by atoms with Crippen molar-refractivity contribution in [2.24, 2.45) is 5.92 Å². The Balaban J connectivity index is 2.27. The highest BCUT2D eigenvalue weighted by molar-refractivity contribution is 9.09. The highest BCUT2D eigenvalue weighted by atomic mass is 79.9. The second-order valence-corrected chi connectivity index (χ2v) is 5.02. The van der Waals surface area contributed by atoms with Crippen molar-refractivity contribution in [3.8, 4) is 12.3 Å². The Kier molecular flexibility index (Phi) is 4.76. The summed E-state index contributed by atoms with van der Waals surface area (Å²) in [5.74, 6) is 3.62. The van der Waals surface area contributed by atoms with Crippen molar-refractivity contribution in [1.82, 2.24) is 0 Å². The molecule has 0 nitrogen and oxygen atoms in total. The van der Waals surface area contributed by atoms with E-state index in [1.165, 1.54) is 38.5 Å². The van der Waals surface area contributed by atoms with Crippen molar-refractivity contribution in [2.45, 2.75) is 49.8 Å². The van der Waals surface area contributed by atoms with Gasteiger partial charge in [-0.25, -0.2) is 0 Å². The number of halogens is 1. The first-order chi connectivity index (χ1) is 5.83. The molecule has 0 saturated heterocycles. The number of hydrogen-bond acceptors (Lipinski definition) is 0. The quantitative estimate of drug-likeness (QED) is 0.384. The van der Waals surface area contributed by atoms with Gasteiger partial charge in [0.05, 0.1) is 0 Å². The predicted molar refractivity (Wildman–Crippen MR) is 57.4 cm³/mol. The Bertz CT molecular complexity index is 157. The molecule has 1 saturated carbocycles. The summed E-state index contributed by atoms with van der Waals surface area (Å²) in [4.78, 5) is 0.753. The average molecular weight is 229 g/mol. The zero-order valence-corrected chi connectivity index (χ0v) is 9.15. The Morgan fingerprint density at radius 3 is 2.83 bits per heavy atom. The SMILES string of the molecule is C#CCCC1CCCCC(Br)C1. The monoisotopic (exact) mass is 228 g/mol. The van der Waals surface area contributed by atoms with Gasteiger partial charge in [0, 0.05) is 11.2 Å². The molecular formula is C11H17Br. The molecule has 0 heterocycles. The summed E-state index contributed by atoms with van der Waals surface area (Å²) in [5, 5.41) is 0. The molecule has 2 unspecified atom stereocenters. The molecule has 12 heavy (non-hydrogen) atoms. The molecule has 0 spiro atoms. The third-order valence-corrected chi connectivity index (χ3v) is 3.50. The first-order valence-electron chi connectivity index (χ1n) is 4.90. The van der Waals surface area contributed by atoms with Gasteiger partial charge < -0.3 is 0 Å². The largest absolute Gasteiger partial charge is 0.120 e. The van der Waals surface area contributed by atoms with Crippen LogP contribution >= 0.6 is 15.9 Å². The first-order valence-corrected chi connectivity index (χ1v) is 5.82. The van der Waals surface area contributed by atoms with Gasteiger partial charge in [-0.3, -0.25) is 0 Å². The number of alkyl halides is 1. The minimum atomic E-state index is 0.753. The van der Waals surface area contributed by atoms with Crippen molar-refractivity contribution in [3.63, 3.8) is 0 Å². The highest BCUT2D eigenvalue weighted by Crippen LogP contribution is 2.30. The van der Waals surface area contributed by atoms with Crippen molar-refractivity contribution >= 4 is 15.9 Å². The molecule has 68 valence electrons. The zero-order valence-electron chi connectivity index (χ0n) is 7.56. The third kappa shape index (κ3) is 3.63. The van der Waals surface area contributed by atoms with Crippen LogP contribution < -0.4 is 0 Å². The lowest BCUT2D eigenvalue weighted by atomic mass is 9.95. The van der Waals surface area contributed by atoms with E-state index in [0.29, 0.717) is 0 Å². The fraction of sp³-hybridized carbons (Fsp3) is 0.818. The lowest BCUT2D eigenvalue weighted by molar-refractivity contribution is 0.439. The standard InChI is InChI=1S/C11H17Br/c1-2-3-6-10-7-4-5-8-11(12)9-10/h1,10-11H,3-9H2. The molecule has 0 amide bonds. The smallest absolute Gasteiger partial charge is 0.0148 e. The Morgan fingerprint density at radius 1 is 1.33 bits per heavy atom. The second-order valence-electron chi connectivity index (χ2n) is 3.73. The van der Waals surface area contributed by atoms with E-state index in [2.05, 4.69) is 21.9 Å². The molecule has 1 aliphatic rings. The van der Waals surface area contributed by atoms with E-state index in [-0.39, 0.29) is 0 Å². The van der Waals surface area contributed by atoms with Gasteiger partial charge in [-0.2, -0.15) is 0 Å². The third-order valence-electron chi connectivity index (χ3n) is 2.67. The van der Waals surface area contributed by atoms with Gasteiger partial charge in [0.25, 0.3) is 0 Å². The topological polar surface area (TPSA) is 0 Å². The van der Waals surface area contributed by atoms with Crippen molar-refractivity contribution in [2.75, 3.05) is 0 Å². The summed E-state index contributed by atoms with van der Waals surface area (Å²) in [6.45, 7) is 0. The molecule has 0 bridgehead atoms. The van der Waals surface area contributed by atoms with Crippen LogP contribution in [0.15, 0.2) is 0 Å². The predicted octanol–water partition coefficient (Wildman–Crippen LogP) is 3.74. The highest BCUT2D eigenvalue weighted by Gasteiger charge is 2.17. The normalized spacial score (nSPS) is 30.7. The van der Waals surface area contributed by atoms with Gasteiger partial charge in [0.15, 0.2) is 0 Å². The van der Waals surface area contributed by atoms with E-state index in [1.807, 2.05) is 0 Å². The summed E-state index contributed by atoms with van der Waals surface area (Å²) in [6, 6.07) is 0. The van der Waals surface area contributed by atoms with Crippen LogP contribution in [0.1, 0.15) is 44.9 Å². The Hall–Kier alpha value is 0.0400. The van der Waals surface area contributed by atoms with Gasteiger partial charge in [-0.15, -0.1) is 12.3 Å². The summed E-state index contributed by atoms with van der Waals surface area (Å²) >= 11 is 3.72. The van der Waals surface area contributed by atoms with Gasteiger partial charge in [0.2, 0.25) is 0 Å². The van der Waals surface area contributed by atoms with Gasteiger partial charge in [-0.1, -0.05) is 35.2 Å². The van der Waals surface area contributed by atoms with Crippen LogP contribution in [0.2, 0.25) is 0 Å². The van der Waals surface area contributed by atoms with Crippen LogP contribution in [0, 0.1) is 18.3 Å². The average Bonchev–Trinajstić information content (AvgIpc) is 2.26. The molecule has 0 aromatic heterocycles. The summed E-state index contributed by atoms with van der Waals surface area (Å²) in [6.07, 6.45) is 14.3. The Morgan fingerprint density at radius 2 is 2.08 bits per heavy atom. The van der Waals surface area contributed by atoms with Crippen LogP contribution in [0.4, 0.5) is 0 Å². The number of terminal acetylenes is 1. The van der Waals surface area contributed by atoms with E-state index in [9.17, 15) is 0 Å². The minimum Gasteiger partial charge on any atom is -0.120 e. The fourth-order valence-corrected chi connectivity index (χ4v) is 2.80. The van der Waals surface area contributed by atoms with Crippen LogP contribution in [0.5, 0.6) is 0 Å². The van der Waals surface area contributed by atoms with Gasteiger partial charge in [-0.05, 0) is 25.2 Å². The van der Waals surface area contributed by atoms with Crippen LogP contribution in [0.3, 0.4) is 0 Å². The number of rotatable bonds is 2. The molecule has 0 aromatic rings. The maximum Gasteiger partial charge on any atom is 0.0148 e. The van der Waals surface area contributed by atoms with E-state index >= 15 is 0 Å². The number of hydrogen-bond donors (Lipinski definition) is 0. The molecule has 2 atom stereocenters. The van der Waals surface area contributed by atoms with Crippen LogP contribution in [-0.4, -0.2) is 4.83 Å². The van der Waals surface area contributed by atoms with Crippen molar-refractivity contribution < 1.29 is 0 Å². The van der Waals surface area contributed by atoms with Gasteiger partial charge >= 0.3 is 0 Å². The van der Waals surface area contributed by atoms with Crippen LogP contribution in [0.25, 0.3) is 0 Å². The van der Waals surface area contributed by atoms with Crippen molar-refractivity contribution in [3.05, 3.63) is 0 Å². The second kappa shape index (κ2) is 5.65. The Labute approximate surface area is 84.2 Å². The lowest BCUT2D eigenvalue weighted by Crippen LogP contribution is -2.04. The van der Waals surface area contributed by atoms with Crippen LogP contribution in [-0.2, 0) is 0 Å². The zero-order chi connectivity index (χ0) is 8.81. The molecule has 1 fully saturated rings. The molecule has 0 aliphatic heterocycles. The molecule has 0 radical (unpaired) electrons. The molecule has 1 rings (SSSR count). The lowest BCUT2D eigenvalue weighted by Gasteiger charge is -2.14. The molecular weight excluding hydrogens is 212 g/mol. The molecule has 0 N–H and O–H groups in total. The molecule has 1 heteroatoms. The first kappa shape index (κ1) is 10.1.